The first-order valence-electron chi connectivity index (χ1n) is 7.27. The van der Waals surface area contributed by atoms with Gasteiger partial charge in [-0.15, -0.1) is 0 Å². The lowest BCUT2D eigenvalue weighted by atomic mass is 9.81. The average molecular weight is 284 g/mol. The summed E-state index contributed by atoms with van der Waals surface area (Å²) in [5, 5.41) is 5.77. The largest absolute Gasteiger partial charge is 0.349 e. The number of rotatable bonds is 4. The molecule has 0 saturated heterocycles. The van der Waals surface area contributed by atoms with Crippen molar-refractivity contribution in [1.82, 2.24) is 10.6 Å². The third kappa shape index (κ3) is 7.51. The van der Waals surface area contributed by atoms with Gasteiger partial charge in [0.05, 0.1) is 0 Å². The van der Waals surface area contributed by atoms with Crippen molar-refractivity contribution in [2.75, 3.05) is 0 Å². The van der Waals surface area contributed by atoms with Crippen molar-refractivity contribution in [2.24, 2.45) is 10.8 Å². The minimum atomic E-state index is -0.527. The quantitative estimate of drug-likeness (QED) is 0.834. The summed E-state index contributed by atoms with van der Waals surface area (Å²) in [6, 6.07) is -0.527. The second kappa shape index (κ2) is 6.15. The Bertz CT molecular complexity index is 360. The maximum Gasteiger partial charge on any atom is 0.242 e. The molecule has 0 fully saturated rings. The number of hydrogen-bond donors (Lipinski definition) is 2. The van der Waals surface area contributed by atoms with Gasteiger partial charge in [0.15, 0.2) is 0 Å². The minimum Gasteiger partial charge on any atom is -0.349 e. The second-order valence-corrected chi connectivity index (χ2v) is 8.56. The summed E-state index contributed by atoms with van der Waals surface area (Å²) >= 11 is 0. The molecule has 0 heterocycles. The molecule has 0 aromatic heterocycles. The Labute approximate surface area is 124 Å². The van der Waals surface area contributed by atoms with E-state index in [1.807, 2.05) is 34.6 Å². The summed E-state index contributed by atoms with van der Waals surface area (Å²) in [7, 11) is 0. The molecule has 0 aliphatic heterocycles. The molecule has 0 aliphatic carbocycles. The van der Waals surface area contributed by atoms with Gasteiger partial charge >= 0.3 is 0 Å². The Kier molecular flexibility index (Phi) is 5.82. The Morgan fingerprint density at radius 3 is 1.75 bits per heavy atom. The fraction of sp³-hybridized carbons (Fsp3) is 0.875. The zero-order chi connectivity index (χ0) is 16.4. The maximum absolute atomic E-state index is 12.2. The van der Waals surface area contributed by atoms with Gasteiger partial charge in [0.25, 0.3) is 0 Å². The van der Waals surface area contributed by atoms with E-state index in [0.29, 0.717) is 0 Å². The van der Waals surface area contributed by atoms with Crippen LogP contribution < -0.4 is 10.6 Å². The summed E-state index contributed by atoms with van der Waals surface area (Å²) < 4.78 is 0. The highest BCUT2D eigenvalue weighted by molar-refractivity contribution is 5.89. The van der Waals surface area contributed by atoms with Crippen LogP contribution in [0.2, 0.25) is 0 Å². The second-order valence-electron chi connectivity index (χ2n) is 8.56. The number of nitrogens with one attached hydrogen (secondary N) is 2. The van der Waals surface area contributed by atoms with E-state index in [-0.39, 0.29) is 22.8 Å². The summed E-state index contributed by atoms with van der Waals surface area (Å²) in [5.41, 5.74) is -0.653. The van der Waals surface area contributed by atoms with E-state index in [0.717, 1.165) is 6.42 Å². The van der Waals surface area contributed by atoms with Gasteiger partial charge in [-0.3, -0.25) is 9.59 Å². The van der Waals surface area contributed by atoms with E-state index >= 15 is 0 Å². The Morgan fingerprint density at radius 2 is 1.40 bits per heavy atom. The topological polar surface area (TPSA) is 58.2 Å². The zero-order valence-corrected chi connectivity index (χ0v) is 14.6. The van der Waals surface area contributed by atoms with Crippen LogP contribution in [-0.4, -0.2) is 23.4 Å². The molecule has 0 radical (unpaired) electrons. The minimum absolute atomic E-state index is 0.117. The van der Waals surface area contributed by atoms with E-state index in [9.17, 15) is 9.59 Å². The zero-order valence-electron chi connectivity index (χ0n) is 14.6. The normalized spacial score (nSPS) is 14.7. The molecule has 2 amide bonds. The van der Waals surface area contributed by atoms with Gasteiger partial charge in [0.2, 0.25) is 11.8 Å². The number of hydrogen-bond acceptors (Lipinski definition) is 2. The number of carbonyl (C=O) groups excluding carboxylic acids is 2. The molecule has 1 unspecified atom stereocenters. The van der Waals surface area contributed by atoms with Crippen molar-refractivity contribution in [3.8, 4) is 0 Å². The lowest BCUT2D eigenvalue weighted by Gasteiger charge is -2.34. The van der Waals surface area contributed by atoms with Crippen molar-refractivity contribution >= 4 is 11.8 Å². The highest BCUT2D eigenvalue weighted by atomic mass is 16.2. The van der Waals surface area contributed by atoms with Crippen molar-refractivity contribution in [1.29, 1.82) is 0 Å². The average Bonchev–Trinajstić information content (AvgIpc) is 2.10. The molecule has 0 aromatic rings. The molecule has 4 heteroatoms. The van der Waals surface area contributed by atoms with Crippen LogP contribution in [0, 0.1) is 10.8 Å². The Balaban J connectivity index is 4.58. The van der Waals surface area contributed by atoms with E-state index < -0.39 is 11.5 Å². The summed E-state index contributed by atoms with van der Waals surface area (Å²) in [5.74, 6) is -0.259. The summed E-state index contributed by atoms with van der Waals surface area (Å²) in [4.78, 5) is 24.1. The van der Waals surface area contributed by atoms with Gasteiger partial charge in [0.1, 0.15) is 6.04 Å². The SMILES string of the molecule is CC(NC(=O)C(C)(C)C)C(=O)NC(C)(C)CC(C)(C)C. The third-order valence-corrected chi connectivity index (χ3v) is 2.86. The molecule has 0 rings (SSSR count). The first-order valence-corrected chi connectivity index (χ1v) is 7.27. The van der Waals surface area contributed by atoms with Gasteiger partial charge in [0, 0.05) is 11.0 Å². The van der Waals surface area contributed by atoms with Crippen LogP contribution in [0.3, 0.4) is 0 Å². The molecule has 0 spiro atoms. The first kappa shape index (κ1) is 18.9. The summed E-state index contributed by atoms with van der Waals surface area (Å²) in [6.45, 7) is 17.7. The Hall–Kier alpha value is -1.06. The standard InChI is InChI=1S/C16H32N2O2/c1-11(17-13(20)15(5,6)7)12(19)18-16(8,9)10-14(2,3)4/h11H,10H2,1-9H3,(H,17,20)(H,18,19). The molecule has 0 aliphatic rings. The van der Waals surface area contributed by atoms with Crippen molar-refractivity contribution in [2.45, 2.75) is 80.3 Å². The monoisotopic (exact) mass is 284 g/mol. The predicted molar refractivity (Wildman–Crippen MR) is 83.4 cm³/mol. The molecule has 0 bridgehead atoms. The number of amides is 2. The maximum atomic E-state index is 12.2. The van der Waals surface area contributed by atoms with Crippen LogP contribution >= 0.6 is 0 Å². The van der Waals surface area contributed by atoms with Crippen LogP contribution in [0.25, 0.3) is 0 Å². The molecule has 1 atom stereocenters. The number of carbonyl (C=O) groups is 2. The molecular formula is C16H32N2O2. The van der Waals surface area contributed by atoms with Crippen molar-refractivity contribution in [3.63, 3.8) is 0 Å². The molecule has 4 nitrogen and oxygen atoms in total. The van der Waals surface area contributed by atoms with Crippen molar-refractivity contribution in [3.05, 3.63) is 0 Å². The van der Waals surface area contributed by atoms with Crippen molar-refractivity contribution < 1.29 is 9.59 Å². The molecule has 118 valence electrons. The fourth-order valence-corrected chi connectivity index (χ4v) is 2.29. The lowest BCUT2D eigenvalue weighted by Crippen LogP contribution is -2.54. The highest BCUT2D eigenvalue weighted by Crippen LogP contribution is 2.26. The van der Waals surface area contributed by atoms with E-state index in [1.165, 1.54) is 0 Å². The highest BCUT2D eigenvalue weighted by Gasteiger charge is 2.30. The van der Waals surface area contributed by atoms with E-state index in [1.54, 1.807) is 6.92 Å². The van der Waals surface area contributed by atoms with Gasteiger partial charge in [-0.2, -0.15) is 0 Å². The van der Waals surface area contributed by atoms with Crippen LogP contribution in [0.4, 0.5) is 0 Å². The molecule has 0 aromatic carbocycles. The van der Waals surface area contributed by atoms with Crippen LogP contribution in [-0.2, 0) is 9.59 Å². The summed E-state index contributed by atoms with van der Waals surface area (Å²) in [6.07, 6.45) is 0.867. The predicted octanol–water partition coefficient (Wildman–Crippen LogP) is 2.87. The van der Waals surface area contributed by atoms with E-state index in [2.05, 4.69) is 31.4 Å². The molecule has 20 heavy (non-hydrogen) atoms. The molecular weight excluding hydrogens is 252 g/mol. The van der Waals surface area contributed by atoms with Gasteiger partial charge in [-0.1, -0.05) is 41.5 Å². The van der Waals surface area contributed by atoms with Crippen LogP contribution in [0.5, 0.6) is 0 Å². The third-order valence-electron chi connectivity index (χ3n) is 2.86. The van der Waals surface area contributed by atoms with Crippen LogP contribution in [0.15, 0.2) is 0 Å². The smallest absolute Gasteiger partial charge is 0.242 e. The first-order chi connectivity index (χ1) is 8.64. The van der Waals surface area contributed by atoms with E-state index in [4.69, 9.17) is 0 Å². The van der Waals surface area contributed by atoms with Gasteiger partial charge in [-0.25, -0.2) is 0 Å². The molecule has 2 N–H and O–H groups in total. The molecule has 0 saturated carbocycles. The van der Waals surface area contributed by atoms with Crippen LogP contribution in [0.1, 0.15) is 68.7 Å². The lowest BCUT2D eigenvalue weighted by molar-refractivity contribution is -0.133. The fourth-order valence-electron chi connectivity index (χ4n) is 2.29. The Morgan fingerprint density at radius 1 is 0.950 bits per heavy atom. The van der Waals surface area contributed by atoms with Gasteiger partial charge < -0.3 is 10.6 Å². The van der Waals surface area contributed by atoms with Gasteiger partial charge in [-0.05, 0) is 32.6 Å².